The van der Waals surface area contributed by atoms with Crippen LogP contribution in [-0.4, -0.2) is 17.1 Å². The molecule has 1 aliphatic carbocycles. The SMILES string of the molecule is NC1CCC(N)CC1.Nc1cccc(N)n1. The number of nitrogen functional groups attached to an aromatic ring is 2. The lowest BCUT2D eigenvalue weighted by Gasteiger charge is -2.22. The third kappa shape index (κ3) is 4.95. The lowest BCUT2D eigenvalue weighted by atomic mass is 9.93. The molecule has 0 aliphatic heterocycles. The highest BCUT2D eigenvalue weighted by Gasteiger charge is 2.13. The Hall–Kier alpha value is -1.33. The molecule has 0 bridgehead atoms. The summed E-state index contributed by atoms with van der Waals surface area (Å²) in [5.74, 6) is 0.926. The molecule has 0 spiro atoms. The molecule has 1 aromatic heterocycles. The van der Waals surface area contributed by atoms with E-state index in [1.54, 1.807) is 18.2 Å². The van der Waals surface area contributed by atoms with Gasteiger partial charge in [0.05, 0.1) is 0 Å². The molecule has 8 N–H and O–H groups in total. The minimum Gasteiger partial charge on any atom is -0.384 e. The molecule has 0 atom stereocenters. The molecular formula is C11H21N5. The van der Waals surface area contributed by atoms with E-state index >= 15 is 0 Å². The summed E-state index contributed by atoms with van der Waals surface area (Å²) in [6.07, 6.45) is 4.50. The second kappa shape index (κ2) is 6.30. The molecule has 1 aliphatic rings. The van der Waals surface area contributed by atoms with Gasteiger partial charge in [0.15, 0.2) is 0 Å². The number of anilines is 2. The fourth-order valence-electron chi connectivity index (χ4n) is 1.61. The predicted octanol–water partition coefficient (Wildman–Crippen LogP) is 0.461. The first-order chi connectivity index (χ1) is 7.58. The Bertz CT molecular complexity index is 280. The molecular weight excluding hydrogens is 202 g/mol. The first kappa shape index (κ1) is 12.7. The zero-order valence-electron chi connectivity index (χ0n) is 9.47. The maximum absolute atomic E-state index is 5.64. The Morgan fingerprint density at radius 2 is 1.25 bits per heavy atom. The van der Waals surface area contributed by atoms with Crippen LogP contribution in [0.5, 0.6) is 0 Å². The Labute approximate surface area is 96.2 Å². The molecule has 0 aromatic carbocycles. The number of pyridine rings is 1. The van der Waals surface area contributed by atoms with E-state index < -0.39 is 0 Å². The summed E-state index contributed by atoms with van der Waals surface area (Å²) in [6, 6.07) is 6.02. The lowest BCUT2D eigenvalue weighted by molar-refractivity contribution is 0.395. The van der Waals surface area contributed by atoms with Crippen LogP contribution in [0.25, 0.3) is 0 Å². The molecule has 1 heterocycles. The molecule has 16 heavy (non-hydrogen) atoms. The Morgan fingerprint density at radius 1 is 0.875 bits per heavy atom. The van der Waals surface area contributed by atoms with Crippen molar-refractivity contribution in [3.8, 4) is 0 Å². The van der Waals surface area contributed by atoms with Crippen molar-refractivity contribution in [3.05, 3.63) is 18.2 Å². The van der Waals surface area contributed by atoms with Crippen LogP contribution >= 0.6 is 0 Å². The topological polar surface area (TPSA) is 117 Å². The summed E-state index contributed by atoms with van der Waals surface area (Å²) in [5.41, 5.74) is 21.8. The van der Waals surface area contributed by atoms with Crippen molar-refractivity contribution in [2.24, 2.45) is 11.5 Å². The van der Waals surface area contributed by atoms with Gasteiger partial charge in [-0.05, 0) is 37.8 Å². The smallest absolute Gasteiger partial charge is 0.125 e. The average molecular weight is 223 g/mol. The molecule has 0 amide bonds. The maximum Gasteiger partial charge on any atom is 0.125 e. The summed E-state index contributed by atoms with van der Waals surface area (Å²) in [6.45, 7) is 0. The van der Waals surface area contributed by atoms with Crippen LogP contribution in [0.3, 0.4) is 0 Å². The van der Waals surface area contributed by atoms with Gasteiger partial charge in [-0.25, -0.2) is 4.98 Å². The van der Waals surface area contributed by atoms with Gasteiger partial charge in [0.25, 0.3) is 0 Å². The molecule has 90 valence electrons. The van der Waals surface area contributed by atoms with E-state index in [1.807, 2.05) is 0 Å². The Balaban J connectivity index is 0.000000160. The number of aromatic nitrogens is 1. The van der Waals surface area contributed by atoms with Crippen molar-refractivity contribution in [2.45, 2.75) is 37.8 Å². The van der Waals surface area contributed by atoms with E-state index in [0.717, 1.165) is 25.7 Å². The van der Waals surface area contributed by atoms with Crippen LogP contribution in [0.1, 0.15) is 25.7 Å². The molecule has 1 saturated carbocycles. The molecule has 2 rings (SSSR count). The van der Waals surface area contributed by atoms with Gasteiger partial charge < -0.3 is 22.9 Å². The number of nitrogens with two attached hydrogens (primary N) is 4. The third-order valence-corrected chi connectivity index (χ3v) is 2.61. The molecule has 0 unspecified atom stereocenters. The van der Waals surface area contributed by atoms with E-state index in [4.69, 9.17) is 22.9 Å². The number of rotatable bonds is 0. The monoisotopic (exact) mass is 223 g/mol. The number of hydrogen-bond donors (Lipinski definition) is 4. The Kier molecular flexibility index (Phi) is 5.01. The highest BCUT2D eigenvalue weighted by molar-refractivity contribution is 5.37. The van der Waals surface area contributed by atoms with Gasteiger partial charge in [0.2, 0.25) is 0 Å². The van der Waals surface area contributed by atoms with E-state index in [9.17, 15) is 0 Å². The number of hydrogen-bond acceptors (Lipinski definition) is 5. The van der Waals surface area contributed by atoms with Crippen LogP contribution in [0.2, 0.25) is 0 Å². The molecule has 5 heteroatoms. The summed E-state index contributed by atoms with van der Waals surface area (Å²) in [7, 11) is 0. The normalized spacial score (nSPS) is 24.4. The second-order valence-corrected chi connectivity index (χ2v) is 4.16. The molecule has 0 radical (unpaired) electrons. The maximum atomic E-state index is 5.64. The standard InChI is InChI=1S/C6H14N2.C5H7N3/c7-5-1-2-6(8)4-3-5;6-4-2-1-3-5(7)8-4/h5-6H,1-4,7-8H2;1-3H,(H4,6,7,8). The van der Waals surface area contributed by atoms with E-state index in [1.165, 1.54) is 0 Å². The van der Waals surface area contributed by atoms with Crippen LogP contribution in [0.4, 0.5) is 11.6 Å². The summed E-state index contributed by atoms with van der Waals surface area (Å²) < 4.78 is 0. The number of nitrogens with zero attached hydrogens (tertiary/aromatic N) is 1. The minimum absolute atomic E-state index is 0.440. The van der Waals surface area contributed by atoms with Crippen molar-refractivity contribution < 1.29 is 0 Å². The van der Waals surface area contributed by atoms with E-state index in [2.05, 4.69) is 4.98 Å². The van der Waals surface area contributed by atoms with Crippen LogP contribution in [0.15, 0.2) is 18.2 Å². The average Bonchev–Trinajstić information content (AvgIpc) is 2.23. The van der Waals surface area contributed by atoms with Gasteiger partial charge >= 0.3 is 0 Å². The highest BCUT2D eigenvalue weighted by Crippen LogP contribution is 2.14. The molecule has 1 aromatic rings. The molecule has 1 fully saturated rings. The molecule has 5 nitrogen and oxygen atoms in total. The van der Waals surface area contributed by atoms with Crippen LogP contribution in [0, 0.1) is 0 Å². The first-order valence-electron chi connectivity index (χ1n) is 5.57. The quantitative estimate of drug-likeness (QED) is 0.510. The van der Waals surface area contributed by atoms with E-state index in [0.29, 0.717) is 23.7 Å². The van der Waals surface area contributed by atoms with Crippen molar-refractivity contribution in [2.75, 3.05) is 11.5 Å². The highest BCUT2D eigenvalue weighted by atomic mass is 14.9. The zero-order valence-corrected chi connectivity index (χ0v) is 9.47. The largest absolute Gasteiger partial charge is 0.384 e. The minimum atomic E-state index is 0.440. The van der Waals surface area contributed by atoms with Gasteiger partial charge in [0, 0.05) is 12.1 Å². The molecule has 0 saturated heterocycles. The summed E-state index contributed by atoms with van der Waals surface area (Å²) in [5, 5.41) is 0. The van der Waals surface area contributed by atoms with Gasteiger partial charge in [-0.1, -0.05) is 6.07 Å². The van der Waals surface area contributed by atoms with E-state index in [-0.39, 0.29) is 0 Å². The van der Waals surface area contributed by atoms with Crippen molar-refractivity contribution in [1.29, 1.82) is 0 Å². The van der Waals surface area contributed by atoms with Gasteiger partial charge in [-0.2, -0.15) is 0 Å². The van der Waals surface area contributed by atoms with Gasteiger partial charge in [0.1, 0.15) is 11.6 Å². The fraction of sp³-hybridized carbons (Fsp3) is 0.545. The van der Waals surface area contributed by atoms with Crippen LogP contribution < -0.4 is 22.9 Å². The summed E-state index contributed by atoms with van der Waals surface area (Å²) in [4.78, 5) is 3.73. The van der Waals surface area contributed by atoms with Crippen molar-refractivity contribution in [3.63, 3.8) is 0 Å². The second-order valence-electron chi connectivity index (χ2n) is 4.16. The van der Waals surface area contributed by atoms with Crippen molar-refractivity contribution in [1.82, 2.24) is 4.98 Å². The third-order valence-electron chi connectivity index (χ3n) is 2.61. The van der Waals surface area contributed by atoms with Gasteiger partial charge in [-0.3, -0.25) is 0 Å². The van der Waals surface area contributed by atoms with Gasteiger partial charge in [-0.15, -0.1) is 0 Å². The van der Waals surface area contributed by atoms with Crippen molar-refractivity contribution >= 4 is 11.6 Å². The lowest BCUT2D eigenvalue weighted by Crippen LogP contribution is -2.33. The van der Waals surface area contributed by atoms with Crippen LogP contribution in [-0.2, 0) is 0 Å². The fourth-order valence-corrected chi connectivity index (χ4v) is 1.61. The summed E-state index contributed by atoms with van der Waals surface area (Å²) >= 11 is 0. The predicted molar refractivity (Wildman–Crippen MR) is 67.5 cm³/mol. The zero-order chi connectivity index (χ0) is 12.0. The first-order valence-corrected chi connectivity index (χ1v) is 5.57. The Morgan fingerprint density at radius 3 is 1.50 bits per heavy atom.